The standard InChI is InChI=1S/C16H15Cl2FO/c1-20-9-8-11-2-4-12(5-3-11)16(18)14-7-6-13(17)10-15(14)19/h2-7,10,16H,8-9H2,1H3. The first-order valence-electron chi connectivity index (χ1n) is 6.28. The molecule has 0 bridgehead atoms. The molecule has 1 unspecified atom stereocenters. The second kappa shape index (κ2) is 7.07. The van der Waals surface area contributed by atoms with E-state index in [9.17, 15) is 4.39 Å². The lowest BCUT2D eigenvalue weighted by Gasteiger charge is -2.12. The first-order valence-corrected chi connectivity index (χ1v) is 7.10. The molecule has 4 heteroatoms. The fourth-order valence-electron chi connectivity index (χ4n) is 1.96. The van der Waals surface area contributed by atoms with Gasteiger partial charge < -0.3 is 4.74 Å². The average molecular weight is 313 g/mol. The summed E-state index contributed by atoms with van der Waals surface area (Å²) in [6, 6.07) is 12.3. The van der Waals surface area contributed by atoms with Crippen molar-refractivity contribution in [2.45, 2.75) is 11.8 Å². The lowest BCUT2D eigenvalue weighted by molar-refractivity contribution is 0.202. The highest BCUT2D eigenvalue weighted by Gasteiger charge is 2.15. The third-order valence-electron chi connectivity index (χ3n) is 3.10. The molecule has 0 heterocycles. The Balaban J connectivity index is 2.18. The quantitative estimate of drug-likeness (QED) is 0.706. The summed E-state index contributed by atoms with van der Waals surface area (Å²) >= 11 is 12.1. The van der Waals surface area contributed by atoms with Gasteiger partial charge >= 0.3 is 0 Å². The van der Waals surface area contributed by atoms with E-state index < -0.39 is 5.38 Å². The van der Waals surface area contributed by atoms with Crippen molar-refractivity contribution in [3.05, 3.63) is 70.0 Å². The van der Waals surface area contributed by atoms with Gasteiger partial charge in [0.25, 0.3) is 0 Å². The molecule has 0 fully saturated rings. The van der Waals surface area contributed by atoms with Crippen LogP contribution in [0.5, 0.6) is 0 Å². The van der Waals surface area contributed by atoms with Gasteiger partial charge in [-0.2, -0.15) is 0 Å². The second-order valence-corrected chi connectivity index (χ2v) is 5.39. The zero-order valence-corrected chi connectivity index (χ0v) is 12.6. The van der Waals surface area contributed by atoms with E-state index in [-0.39, 0.29) is 5.82 Å². The number of alkyl halides is 1. The Morgan fingerprint density at radius 2 is 1.85 bits per heavy atom. The van der Waals surface area contributed by atoms with Crippen LogP contribution in [-0.2, 0) is 11.2 Å². The molecule has 2 aromatic carbocycles. The molecule has 0 aliphatic heterocycles. The lowest BCUT2D eigenvalue weighted by atomic mass is 10.0. The van der Waals surface area contributed by atoms with E-state index in [1.807, 2.05) is 24.3 Å². The Morgan fingerprint density at radius 3 is 2.45 bits per heavy atom. The molecule has 0 aliphatic carbocycles. The van der Waals surface area contributed by atoms with Crippen molar-refractivity contribution < 1.29 is 9.13 Å². The molecule has 0 saturated carbocycles. The normalized spacial score (nSPS) is 12.4. The van der Waals surface area contributed by atoms with Crippen LogP contribution in [0.2, 0.25) is 5.02 Å². The van der Waals surface area contributed by atoms with E-state index in [4.69, 9.17) is 27.9 Å². The molecular formula is C16H15Cl2FO. The smallest absolute Gasteiger partial charge is 0.129 e. The molecule has 1 atom stereocenters. The molecule has 2 rings (SSSR count). The summed E-state index contributed by atoms with van der Waals surface area (Å²) < 4.78 is 18.9. The van der Waals surface area contributed by atoms with Gasteiger partial charge in [0, 0.05) is 17.7 Å². The molecular weight excluding hydrogens is 298 g/mol. The largest absolute Gasteiger partial charge is 0.384 e. The van der Waals surface area contributed by atoms with Crippen LogP contribution in [0.15, 0.2) is 42.5 Å². The van der Waals surface area contributed by atoms with Crippen LogP contribution in [0.25, 0.3) is 0 Å². The minimum absolute atomic E-state index is 0.366. The monoisotopic (exact) mass is 312 g/mol. The van der Waals surface area contributed by atoms with Crippen molar-refractivity contribution in [2.24, 2.45) is 0 Å². The van der Waals surface area contributed by atoms with Crippen LogP contribution in [0.4, 0.5) is 4.39 Å². The van der Waals surface area contributed by atoms with Gasteiger partial charge in [0.15, 0.2) is 0 Å². The number of halogens is 3. The van der Waals surface area contributed by atoms with E-state index in [1.54, 1.807) is 19.2 Å². The van der Waals surface area contributed by atoms with Crippen molar-refractivity contribution in [3.63, 3.8) is 0 Å². The number of benzene rings is 2. The van der Waals surface area contributed by atoms with Crippen molar-refractivity contribution in [2.75, 3.05) is 13.7 Å². The lowest BCUT2D eigenvalue weighted by Crippen LogP contribution is -1.98. The van der Waals surface area contributed by atoms with Crippen LogP contribution >= 0.6 is 23.2 Å². The Morgan fingerprint density at radius 1 is 1.15 bits per heavy atom. The van der Waals surface area contributed by atoms with Crippen LogP contribution in [0.3, 0.4) is 0 Å². The molecule has 1 nitrogen and oxygen atoms in total. The fraction of sp³-hybridized carbons (Fsp3) is 0.250. The number of rotatable bonds is 5. The predicted octanol–water partition coefficient (Wildman–Crippen LogP) is 5.00. The van der Waals surface area contributed by atoms with Crippen molar-refractivity contribution >= 4 is 23.2 Å². The first kappa shape index (κ1) is 15.3. The van der Waals surface area contributed by atoms with E-state index in [0.29, 0.717) is 17.2 Å². The van der Waals surface area contributed by atoms with Gasteiger partial charge in [0.05, 0.1) is 12.0 Å². The SMILES string of the molecule is COCCc1ccc(C(Cl)c2ccc(Cl)cc2F)cc1. The molecule has 2 aromatic rings. The van der Waals surface area contributed by atoms with E-state index in [2.05, 4.69) is 0 Å². The van der Waals surface area contributed by atoms with Crippen LogP contribution < -0.4 is 0 Å². The van der Waals surface area contributed by atoms with E-state index in [0.717, 1.165) is 17.5 Å². The van der Waals surface area contributed by atoms with Gasteiger partial charge in [0.2, 0.25) is 0 Å². The number of methoxy groups -OCH3 is 1. The van der Waals surface area contributed by atoms with Crippen LogP contribution in [-0.4, -0.2) is 13.7 Å². The third kappa shape index (κ3) is 3.72. The minimum Gasteiger partial charge on any atom is -0.384 e. The molecule has 0 amide bonds. The summed E-state index contributed by atoms with van der Waals surface area (Å²) in [5.74, 6) is -0.388. The van der Waals surface area contributed by atoms with Gasteiger partial charge in [-0.05, 0) is 29.7 Å². The minimum atomic E-state index is -0.524. The summed E-state index contributed by atoms with van der Waals surface area (Å²) in [4.78, 5) is 0. The van der Waals surface area contributed by atoms with Crippen LogP contribution in [0, 0.1) is 5.82 Å². The maximum atomic E-state index is 13.8. The highest BCUT2D eigenvalue weighted by atomic mass is 35.5. The van der Waals surface area contributed by atoms with Crippen LogP contribution in [0.1, 0.15) is 22.1 Å². The zero-order chi connectivity index (χ0) is 14.5. The first-order chi connectivity index (χ1) is 9.61. The Labute approximate surface area is 128 Å². The Kier molecular flexibility index (Phi) is 5.41. The highest BCUT2D eigenvalue weighted by Crippen LogP contribution is 2.31. The molecule has 0 saturated heterocycles. The summed E-state index contributed by atoms with van der Waals surface area (Å²) in [5.41, 5.74) is 2.45. The number of hydrogen-bond donors (Lipinski definition) is 0. The second-order valence-electron chi connectivity index (χ2n) is 4.51. The van der Waals surface area contributed by atoms with Gasteiger partial charge in [0.1, 0.15) is 5.82 Å². The molecule has 0 aliphatic rings. The summed E-state index contributed by atoms with van der Waals surface area (Å²) in [5, 5.41) is -0.159. The molecule has 0 radical (unpaired) electrons. The van der Waals surface area contributed by atoms with E-state index in [1.165, 1.54) is 6.07 Å². The third-order valence-corrected chi connectivity index (χ3v) is 3.82. The molecule has 106 valence electrons. The summed E-state index contributed by atoms with van der Waals surface area (Å²) in [6.45, 7) is 0.676. The van der Waals surface area contributed by atoms with Gasteiger partial charge in [-0.3, -0.25) is 0 Å². The van der Waals surface area contributed by atoms with E-state index >= 15 is 0 Å². The topological polar surface area (TPSA) is 9.23 Å². The van der Waals surface area contributed by atoms with Crippen molar-refractivity contribution in [1.82, 2.24) is 0 Å². The average Bonchev–Trinajstić information content (AvgIpc) is 2.45. The predicted molar refractivity (Wildman–Crippen MR) is 81.1 cm³/mol. The Bertz CT molecular complexity index is 569. The number of hydrogen-bond acceptors (Lipinski definition) is 1. The number of ether oxygens (including phenoxy) is 1. The van der Waals surface area contributed by atoms with Gasteiger partial charge in [-0.1, -0.05) is 41.9 Å². The maximum absolute atomic E-state index is 13.8. The van der Waals surface area contributed by atoms with Gasteiger partial charge in [-0.25, -0.2) is 4.39 Å². The fourth-order valence-corrected chi connectivity index (χ4v) is 2.44. The molecule has 0 N–H and O–H groups in total. The Hall–Kier alpha value is -1.09. The summed E-state index contributed by atoms with van der Waals surface area (Å²) in [6.07, 6.45) is 0.846. The molecule has 20 heavy (non-hydrogen) atoms. The maximum Gasteiger partial charge on any atom is 0.129 e. The van der Waals surface area contributed by atoms with Gasteiger partial charge in [-0.15, -0.1) is 11.6 Å². The molecule has 0 aromatic heterocycles. The van der Waals surface area contributed by atoms with Crippen molar-refractivity contribution in [3.8, 4) is 0 Å². The summed E-state index contributed by atoms with van der Waals surface area (Å²) in [7, 11) is 1.67. The molecule has 0 spiro atoms. The highest BCUT2D eigenvalue weighted by molar-refractivity contribution is 6.30. The van der Waals surface area contributed by atoms with Crippen molar-refractivity contribution in [1.29, 1.82) is 0 Å². The zero-order valence-electron chi connectivity index (χ0n) is 11.1.